The van der Waals surface area contributed by atoms with Gasteiger partial charge in [0.2, 0.25) is 5.91 Å². The Hall–Kier alpha value is -2.94. The number of hydrogen-bond acceptors (Lipinski definition) is 4. The lowest BCUT2D eigenvalue weighted by molar-refractivity contribution is -0.124. The Bertz CT molecular complexity index is 1020. The zero-order valence-corrected chi connectivity index (χ0v) is 18.1. The molecule has 2 aromatic carbocycles. The van der Waals surface area contributed by atoms with Crippen LogP contribution in [0.4, 0.5) is 10.1 Å². The fourth-order valence-electron chi connectivity index (χ4n) is 3.46. The molecule has 2 amide bonds. The predicted molar refractivity (Wildman–Crippen MR) is 116 cm³/mol. The molecule has 0 aliphatic carbocycles. The maximum absolute atomic E-state index is 13.0. The van der Waals surface area contributed by atoms with Crippen LogP contribution in [0, 0.1) is 5.82 Å². The standard InChI is InChI=1S/C22H26FN3O4S/c1-2-3-14-24-21(27)20-5-4-15-26(20)22(28)16-6-10-18(11-7-16)25-31(29,30)19-12-8-17(23)9-13-19/h6-13,20,25H,2-5,14-15H2,1H3,(H,24,27). The number of carbonyl (C=O) groups excluding carboxylic acids is 2. The monoisotopic (exact) mass is 447 g/mol. The number of sulfonamides is 1. The minimum Gasteiger partial charge on any atom is -0.354 e. The number of likely N-dealkylation sites (tertiary alicyclic amines) is 1. The number of hydrogen-bond donors (Lipinski definition) is 2. The molecule has 1 saturated heterocycles. The van der Waals surface area contributed by atoms with Gasteiger partial charge in [0, 0.05) is 24.3 Å². The van der Waals surface area contributed by atoms with Crippen molar-refractivity contribution in [2.24, 2.45) is 0 Å². The molecule has 0 bridgehead atoms. The first kappa shape index (κ1) is 22.7. The van der Waals surface area contributed by atoms with Crippen molar-refractivity contribution >= 4 is 27.5 Å². The van der Waals surface area contributed by atoms with Crippen LogP contribution in [-0.2, 0) is 14.8 Å². The molecular formula is C22H26FN3O4S. The number of nitrogens with one attached hydrogen (secondary N) is 2. The molecule has 0 saturated carbocycles. The maximum atomic E-state index is 13.0. The minimum absolute atomic E-state index is 0.0666. The van der Waals surface area contributed by atoms with Crippen molar-refractivity contribution < 1.29 is 22.4 Å². The summed E-state index contributed by atoms with van der Waals surface area (Å²) in [5.74, 6) is -0.926. The van der Waals surface area contributed by atoms with Gasteiger partial charge in [-0.2, -0.15) is 0 Å². The highest BCUT2D eigenvalue weighted by Crippen LogP contribution is 2.22. The predicted octanol–water partition coefficient (Wildman–Crippen LogP) is 3.15. The summed E-state index contributed by atoms with van der Waals surface area (Å²) in [5, 5.41) is 2.88. The van der Waals surface area contributed by atoms with Crippen LogP contribution in [0.15, 0.2) is 53.4 Å². The van der Waals surface area contributed by atoms with Gasteiger partial charge in [-0.05, 0) is 67.8 Å². The van der Waals surface area contributed by atoms with Gasteiger partial charge in [0.05, 0.1) is 4.90 Å². The molecule has 7 nitrogen and oxygen atoms in total. The number of anilines is 1. The average molecular weight is 448 g/mol. The normalized spacial score (nSPS) is 16.2. The topological polar surface area (TPSA) is 95.6 Å². The lowest BCUT2D eigenvalue weighted by Gasteiger charge is -2.24. The van der Waals surface area contributed by atoms with Crippen LogP contribution >= 0.6 is 0 Å². The molecule has 1 aliphatic heterocycles. The van der Waals surface area contributed by atoms with Crippen molar-refractivity contribution in [3.63, 3.8) is 0 Å². The number of benzene rings is 2. The molecule has 0 radical (unpaired) electrons. The number of rotatable bonds is 8. The summed E-state index contributed by atoms with van der Waals surface area (Å²) in [7, 11) is -3.87. The first-order valence-corrected chi connectivity index (χ1v) is 11.8. The van der Waals surface area contributed by atoms with E-state index in [1.165, 1.54) is 36.4 Å². The fourth-order valence-corrected chi connectivity index (χ4v) is 4.52. The zero-order chi connectivity index (χ0) is 22.4. The van der Waals surface area contributed by atoms with Crippen LogP contribution in [0.5, 0.6) is 0 Å². The number of carbonyl (C=O) groups is 2. The molecule has 0 aromatic heterocycles. The van der Waals surface area contributed by atoms with E-state index in [2.05, 4.69) is 10.0 Å². The maximum Gasteiger partial charge on any atom is 0.261 e. The third-order valence-corrected chi connectivity index (χ3v) is 6.55. The zero-order valence-electron chi connectivity index (χ0n) is 17.3. The highest BCUT2D eigenvalue weighted by Gasteiger charge is 2.34. The first-order chi connectivity index (χ1) is 14.8. The minimum atomic E-state index is -3.87. The van der Waals surface area contributed by atoms with Crippen LogP contribution in [-0.4, -0.2) is 44.3 Å². The summed E-state index contributed by atoms with van der Waals surface area (Å²) in [4.78, 5) is 26.8. The number of unbranched alkanes of at least 4 members (excludes halogenated alkanes) is 1. The van der Waals surface area contributed by atoms with Gasteiger partial charge in [0.1, 0.15) is 11.9 Å². The summed E-state index contributed by atoms with van der Waals surface area (Å²) in [6.07, 6.45) is 3.25. The van der Waals surface area contributed by atoms with Gasteiger partial charge in [-0.15, -0.1) is 0 Å². The van der Waals surface area contributed by atoms with Crippen molar-refractivity contribution in [3.05, 3.63) is 59.9 Å². The van der Waals surface area contributed by atoms with Crippen LogP contribution in [0.1, 0.15) is 43.0 Å². The van der Waals surface area contributed by atoms with E-state index < -0.39 is 21.9 Å². The Morgan fingerprint density at radius 2 is 1.77 bits per heavy atom. The van der Waals surface area contributed by atoms with Gasteiger partial charge < -0.3 is 10.2 Å². The molecule has 2 N–H and O–H groups in total. The number of nitrogens with zero attached hydrogens (tertiary/aromatic N) is 1. The van der Waals surface area contributed by atoms with Gasteiger partial charge in [-0.1, -0.05) is 13.3 Å². The van der Waals surface area contributed by atoms with Gasteiger partial charge in [-0.25, -0.2) is 12.8 Å². The summed E-state index contributed by atoms with van der Waals surface area (Å²) < 4.78 is 40.3. The number of amides is 2. The second-order valence-electron chi connectivity index (χ2n) is 7.44. The Morgan fingerprint density at radius 1 is 1.10 bits per heavy atom. The lowest BCUT2D eigenvalue weighted by Crippen LogP contribution is -2.46. The lowest BCUT2D eigenvalue weighted by atomic mass is 10.1. The highest BCUT2D eigenvalue weighted by molar-refractivity contribution is 7.92. The Balaban J connectivity index is 1.67. The second-order valence-corrected chi connectivity index (χ2v) is 9.12. The molecule has 1 heterocycles. The quantitative estimate of drug-likeness (QED) is 0.608. The summed E-state index contributed by atoms with van der Waals surface area (Å²) >= 11 is 0. The molecule has 1 fully saturated rings. The summed E-state index contributed by atoms with van der Waals surface area (Å²) in [5.41, 5.74) is 0.647. The summed E-state index contributed by atoms with van der Waals surface area (Å²) in [6, 6.07) is 10.0. The molecule has 9 heteroatoms. The van der Waals surface area contributed by atoms with Crippen LogP contribution in [0.25, 0.3) is 0 Å². The molecular weight excluding hydrogens is 421 g/mol. The van der Waals surface area contributed by atoms with Crippen LogP contribution in [0.2, 0.25) is 0 Å². The SMILES string of the molecule is CCCCNC(=O)C1CCCN1C(=O)c1ccc(NS(=O)(=O)c2ccc(F)cc2)cc1. The van der Waals surface area contributed by atoms with E-state index in [1.54, 1.807) is 4.90 Å². The average Bonchev–Trinajstić information content (AvgIpc) is 3.24. The second kappa shape index (κ2) is 9.91. The Labute approximate surface area is 181 Å². The Morgan fingerprint density at radius 3 is 2.42 bits per heavy atom. The summed E-state index contributed by atoms with van der Waals surface area (Å²) in [6.45, 7) is 3.14. The van der Waals surface area contributed by atoms with Crippen molar-refractivity contribution in [1.29, 1.82) is 0 Å². The van der Waals surface area contributed by atoms with E-state index in [0.29, 0.717) is 25.1 Å². The molecule has 2 aromatic rings. The van der Waals surface area contributed by atoms with Crippen molar-refractivity contribution in [1.82, 2.24) is 10.2 Å². The van der Waals surface area contributed by atoms with E-state index in [1.807, 2.05) is 6.92 Å². The smallest absolute Gasteiger partial charge is 0.261 e. The van der Waals surface area contributed by atoms with Gasteiger partial charge in [0.15, 0.2) is 0 Å². The molecule has 0 spiro atoms. The fraction of sp³-hybridized carbons (Fsp3) is 0.364. The largest absolute Gasteiger partial charge is 0.354 e. The van der Waals surface area contributed by atoms with Gasteiger partial charge >= 0.3 is 0 Å². The molecule has 3 rings (SSSR count). The molecule has 1 unspecified atom stereocenters. The molecule has 1 aliphatic rings. The third-order valence-electron chi connectivity index (χ3n) is 5.15. The molecule has 31 heavy (non-hydrogen) atoms. The van der Waals surface area contributed by atoms with Gasteiger partial charge in [0.25, 0.3) is 15.9 Å². The number of halogens is 1. The van der Waals surface area contributed by atoms with Crippen molar-refractivity contribution in [3.8, 4) is 0 Å². The molecule has 1 atom stereocenters. The van der Waals surface area contributed by atoms with Crippen LogP contribution in [0.3, 0.4) is 0 Å². The van der Waals surface area contributed by atoms with Gasteiger partial charge in [-0.3, -0.25) is 14.3 Å². The van der Waals surface area contributed by atoms with Crippen molar-refractivity contribution in [2.45, 2.75) is 43.5 Å². The third kappa shape index (κ3) is 5.61. The first-order valence-electron chi connectivity index (χ1n) is 10.3. The van der Waals surface area contributed by atoms with E-state index in [4.69, 9.17) is 0 Å². The van der Waals surface area contributed by atoms with Crippen LogP contribution < -0.4 is 10.0 Å². The van der Waals surface area contributed by atoms with E-state index in [0.717, 1.165) is 31.4 Å². The van der Waals surface area contributed by atoms with E-state index >= 15 is 0 Å². The van der Waals surface area contributed by atoms with Crippen molar-refractivity contribution in [2.75, 3.05) is 17.8 Å². The Kier molecular flexibility index (Phi) is 7.27. The van der Waals surface area contributed by atoms with E-state index in [9.17, 15) is 22.4 Å². The highest BCUT2D eigenvalue weighted by atomic mass is 32.2. The molecule has 166 valence electrons. The van der Waals surface area contributed by atoms with E-state index in [-0.39, 0.29) is 22.4 Å².